The number of nitrogens with one attached hydrogen (secondary N) is 1. The largest absolute Gasteiger partial charge is 0.354 e. The molecule has 0 fully saturated rings. The van der Waals surface area contributed by atoms with Crippen molar-refractivity contribution < 1.29 is 9.59 Å². The third-order valence-electron chi connectivity index (χ3n) is 6.12. The second-order valence-electron chi connectivity index (χ2n) is 8.61. The first-order valence-corrected chi connectivity index (χ1v) is 10.8. The molecule has 162 valence electrons. The molecule has 5 rings (SSSR count). The number of hydrogen-bond acceptors (Lipinski definition) is 3. The number of carbonyl (C=O) groups excluding carboxylic acids is 2. The van der Waals surface area contributed by atoms with Crippen molar-refractivity contribution in [3.8, 4) is 0 Å². The van der Waals surface area contributed by atoms with Gasteiger partial charge in [0.2, 0.25) is 0 Å². The van der Waals surface area contributed by atoms with Crippen LogP contribution in [-0.2, 0) is 16.6 Å². The Hall–Kier alpha value is -3.64. The van der Waals surface area contributed by atoms with Gasteiger partial charge in [-0.25, -0.2) is 0 Å². The Morgan fingerprint density at radius 1 is 0.938 bits per heavy atom. The summed E-state index contributed by atoms with van der Waals surface area (Å²) in [4.78, 5) is 34.1. The van der Waals surface area contributed by atoms with Crippen LogP contribution in [0.3, 0.4) is 0 Å². The summed E-state index contributed by atoms with van der Waals surface area (Å²) in [5.74, 6) is -0.456. The molecule has 4 aromatic rings. The fourth-order valence-corrected chi connectivity index (χ4v) is 4.57. The number of hydrogen-bond donors (Lipinski definition) is 1. The predicted molar refractivity (Wildman–Crippen MR) is 128 cm³/mol. The molecule has 6 heteroatoms. The number of fused-ring (bicyclic) bond motifs is 2. The SMILES string of the molecule is CN(C)CCCN1C(=O)C(c2cc3ccccc3[nH]2)=C(c2cn(C)c3ccccc23)C1=O. The summed E-state index contributed by atoms with van der Waals surface area (Å²) in [6, 6.07) is 17.8. The van der Waals surface area contributed by atoms with E-state index in [-0.39, 0.29) is 11.8 Å². The number of amides is 2. The highest BCUT2D eigenvalue weighted by Gasteiger charge is 2.40. The summed E-state index contributed by atoms with van der Waals surface area (Å²) in [5.41, 5.74) is 4.37. The average Bonchev–Trinajstić information content (AvgIpc) is 3.41. The van der Waals surface area contributed by atoms with Crippen molar-refractivity contribution in [1.29, 1.82) is 0 Å². The van der Waals surface area contributed by atoms with Crippen LogP contribution in [0.15, 0.2) is 60.8 Å². The van der Waals surface area contributed by atoms with Crippen LogP contribution in [0.5, 0.6) is 0 Å². The third-order valence-corrected chi connectivity index (χ3v) is 6.12. The maximum absolute atomic E-state index is 13.7. The predicted octanol–water partition coefficient (Wildman–Crippen LogP) is 3.89. The van der Waals surface area contributed by atoms with Gasteiger partial charge in [0.15, 0.2) is 0 Å². The van der Waals surface area contributed by atoms with E-state index in [2.05, 4.69) is 9.88 Å². The summed E-state index contributed by atoms with van der Waals surface area (Å²) in [6.45, 7) is 1.20. The van der Waals surface area contributed by atoms with E-state index in [0.717, 1.165) is 40.3 Å². The summed E-state index contributed by atoms with van der Waals surface area (Å²) in [5, 5.41) is 1.98. The molecule has 2 aromatic carbocycles. The van der Waals surface area contributed by atoms with Gasteiger partial charge in [0.25, 0.3) is 11.8 Å². The number of aryl methyl sites for hydroxylation is 1. The molecule has 0 radical (unpaired) electrons. The molecule has 0 atom stereocenters. The number of para-hydroxylation sites is 2. The Balaban J connectivity index is 1.69. The molecule has 0 saturated heterocycles. The number of rotatable bonds is 6. The van der Waals surface area contributed by atoms with E-state index in [1.54, 1.807) is 0 Å². The first-order valence-electron chi connectivity index (χ1n) is 10.8. The molecule has 2 aromatic heterocycles. The van der Waals surface area contributed by atoms with Crippen LogP contribution in [0.1, 0.15) is 17.7 Å². The van der Waals surface area contributed by atoms with Crippen LogP contribution >= 0.6 is 0 Å². The summed E-state index contributed by atoms with van der Waals surface area (Å²) in [7, 11) is 5.94. The van der Waals surface area contributed by atoms with Crippen molar-refractivity contribution in [3.05, 3.63) is 72.1 Å². The number of aromatic nitrogens is 2. The molecule has 32 heavy (non-hydrogen) atoms. The van der Waals surface area contributed by atoms with Crippen LogP contribution in [0.25, 0.3) is 33.0 Å². The van der Waals surface area contributed by atoms with Gasteiger partial charge in [-0.2, -0.15) is 0 Å². The van der Waals surface area contributed by atoms with Gasteiger partial charge in [-0.15, -0.1) is 0 Å². The second kappa shape index (κ2) is 7.80. The molecule has 0 saturated carbocycles. The van der Waals surface area contributed by atoms with Gasteiger partial charge in [0.05, 0.1) is 16.8 Å². The highest BCUT2D eigenvalue weighted by atomic mass is 16.2. The monoisotopic (exact) mass is 426 g/mol. The van der Waals surface area contributed by atoms with E-state index in [1.165, 1.54) is 4.90 Å². The lowest BCUT2D eigenvalue weighted by Crippen LogP contribution is -2.34. The lowest BCUT2D eigenvalue weighted by Gasteiger charge is -2.16. The number of carbonyl (C=O) groups is 2. The molecular formula is C26H26N4O2. The molecule has 0 spiro atoms. The normalized spacial score (nSPS) is 14.7. The van der Waals surface area contributed by atoms with Gasteiger partial charge in [-0.05, 0) is 45.3 Å². The fraction of sp³-hybridized carbons (Fsp3) is 0.231. The molecular weight excluding hydrogens is 400 g/mol. The Labute approximate surface area is 186 Å². The van der Waals surface area contributed by atoms with E-state index in [0.29, 0.717) is 23.4 Å². The number of benzene rings is 2. The zero-order valence-corrected chi connectivity index (χ0v) is 18.6. The molecule has 1 N–H and O–H groups in total. The molecule has 6 nitrogen and oxygen atoms in total. The molecule has 0 unspecified atom stereocenters. The standard InChI is InChI=1S/C26H26N4O2/c1-28(2)13-8-14-30-25(31)23(19-16-29(3)22-12-7-5-10-18(19)22)24(26(30)32)21-15-17-9-4-6-11-20(17)27-21/h4-7,9-12,15-16,27H,8,13-14H2,1-3H3. The highest BCUT2D eigenvalue weighted by Crippen LogP contribution is 2.39. The molecule has 2 amide bonds. The summed E-state index contributed by atoms with van der Waals surface area (Å²) < 4.78 is 2.01. The van der Waals surface area contributed by atoms with Gasteiger partial charge < -0.3 is 14.5 Å². The van der Waals surface area contributed by atoms with E-state index < -0.39 is 0 Å². The Morgan fingerprint density at radius 2 is 1.66 bits per heavy atom. The second-order valence-corrected chi connectivity index (χ2v) is 8.61. The Bertz CT molecular complexity index is 1360. The van der Waals surface area contributed by atoms with Crippen molar-refractivity contribution in [2.45, 2.75) is 6.42 Å². The van der Waals surface area contributed by atoms with Crippen molar-refractivity contribution in [3.63, 3.8) is 0 Å². The topological polar surface area (TPSA) is 61.3 Å². The van der Waals surface area contributed by atoms with E-state index >= 15 is 0 Å². The van der Waals surface area contributed by atoms with Crippen LogP contribution in [0.4, 0.5) is 0 Å². The van der Waals surface area contributed by atoms with Crippen LogP contribution in [0, 0.1) is 0 Å². The minimum absolute atomic E-state index is 0.223. The van der Waals surface area contributed by atoms with E-state index in [9.17, 15) is 9.59 Å². The average molecular weight is 427 g/mol. The highest BCUT2D eigenvalue weighted by molar-refractivity contribution is 6.49. The maximum Gasteiger partial charge on any atom is 0.263 e. The van der Waals surface area contributed by atoms with Crippen molar-refractivity contribution in [2.24, 2.45) is 7.05 Å². The third kappa shape index (κ3) is 3.24. The number of H-pyrrole nitrogens is 1. The van der Waals surface area contributed by atoms with E-state index in [4.69, 9.17) is 0 Å². The van der Waals surface area contributed by atoms with Crippen molar-refractivity contribution in [2.75, 3.05) is 27.2 Å². The minimum atomic E-state index is -0.233. The Morgan fingerprint density at radius 3 is 2.44 bits per heavy atom. The first-order chi connectivity index (χ1) is 15.5. The Kier molecular flexibility index (Phi) is 4.94. The number of imide groups is 1. The van der Waals surface area contributed by atoms with Crippen molar-refractivity contribution >= 4 is 44.8 Å². The fourth-order valence-electron chi connectivity index (χ4n) is 4.57. The van der Waals surface area contributed by atoms with Crippen LogP contribution in [-0.4, -0.2) is 58.4 Å². The first kappa shape index (κ1) is 20.3. The van der Waals surface area contributed by atoms with Crippen LogP contribution in [0.2, 0.25) is 0 Å². The molecule has 1 aliphatic rings. The molecule has 1 aliphatic heterocycles. The maximum atomic E-state index is 13.7. The summed E-state index contributed by atoms with van der Waals surface area (Å²) >= 11 is 0. The van der Waals surface area contributed by atoms with Gasteiger partial charge in [0.1, 0.15) is 0 Å². The van der Waals surface area contributed by atoms with Gasteiger partial charge in [-0.3, -0.25) is 14.5 Å². The zero-order chi connectivity index (χ0) is 22.4. The van der Waals surface area contributed by atoms with Crippen molar-refractivity contribution in [1.82, 2.24) is 19.4 Å². The lowest BCUT2D eigenvalue weighted by molar-refractivity contribution is -0.136. The van der Waals surface area contributed by atoms with Gasteiger partial charge in [-0.1, -0.05) is 36.4 Å². The quantitative estimate of drug-likeness (QED) is 0.476. The number of aromatic amines is 1. The molecule has 0 aliphatic carbocycles. The van der Waals surface area contributed by atoms with Crippen LogP contribution < -0.4 is 0 Å². The number of nitrogens with zero attached hydrogens (tertiary/aromatic N) is 3. The van der Waals surface area contributed by atoms with Gasteiger partial charge >= 0.3 is 0 Å². The summed E-state index contributed by atoms with van der Waals surface area (Å²) in [6.07, 6.45) is 2.68. The van der Waals surface area contributed by atoms with E-state index in [1.807, 2.05) is 86.5 Å². The zero-order valence-electron chi connectivity index (χ0n) is 18.6. The smallest absolute Gasteiger partial charge is 0.263 e. The molecule has 3 heterocycles. The minimum Gasteiger partial charge on any atom is -0.354 e. The van der Waals surface area contributed by atoms with Gasteiger partial charge in [0, 0.05) is 47.2 Å². The molecule has 0 bridgehead atoms. The lowest BCUT2D eigenvalue weighted by atomic mass is 9.99.